The van der Waals surface area contributed by atoms with E-state index in [-0.39, 0.29) is 23.7 Å². The molecule has 26 heavy (non-hydrogen) atoms. The molecule has 1 aliphatic heterocycles. The third-order valence-corrected chi connectivity index (χ3v) is 5.45. The zero-order valence-corrected chi connectivity index (χ0v) is 17.7. The van der Waals surface area contributed by atoms with E-state index in [1.807, 2.05) is 27.7 Å². The molecule has 150 valence electrons. The lowest BCUT2D eigenvalue weighted by Gasteiger charge is -2.38. The van der Waals surface area contributed by atoms with Crippen molar-refractivity contribution in [3.8, 4) is 0 Å². The van der Waals surface area contributed by atoms with Crippen molar-refractivity contribution >= 4 is 0 Å². The fourth-order valence-electron chi connectivity index (χ4n) is 3.79. The number of ether oxygens (including phenoxy) is 4. The average Bonchev–Trinajstić information content (AvgIpc) is 2.56. The molecule has 1 fully saturated rings. The minimum Gasteiger partial charge on any atom is -0.373 e. The van der Waals surface area contributed by atoms with E-state index in [9.17, 15) is 0 Å². The summed E-state index contributed by atoms with van der Waals surface area (Å²) in [7, 11) is 0. The van der Waals surface area contributed by atoms with E-state index in [4.69, 9.17) is 18.9 Å². The van der Waals surface area contributed by atoms with Crippen LogP contribution in [0.1, 0.15) is 61.3 Å². The van der Waals surface area contributed by atoms with E-state index < -0.39 is 5.79 Å². The molecule has 1 saturated heterocycles. The Morgan fingerprint density at radius 1 is 0.962 bits per heavy atom. The fraction of sp³-hybridized carbons (Fsp3) is 0.818. The summed E-state index contributed by atoms with van der Waals surface area (Å²) >= 11 is 0. The van der Waals surface area contributed by atoms with Gasteiger partial charge < -0.3 is 18.9 Å². The molecule has 0 bridgehead atoms. The monoisotopic (exact) mass is 366 g/mol. The van der Waals surface area contributed by atoms with Gasteiger partial charge in [0.15, 0.2) is 5.79 Å². The van der Waals surface area contributed by atoms with E-state index in [0.717, 1.165) is 6.42 Å². The summed E-state index contributed by atoms with van der Waals surface area (Å²) in [5, 5.41) is 0. The Morgan fingerprint density at radius 3 is 2.23 bits per heavy atom. The van der Waals surface area contributed by atoms with Crippen molar-refractivity contribution in [3.63, 3.8) is 0 Å². The summed E-state index contributed by atoms with van der Waals surface area (Å²) in [5.74, 6) is -0.388. The molecule has 1 heterocycles. The molecule has 2 aliphatic rings. The predicted molar refractivity (Wildman–Crippen MR) is 105 cm³/mol. The highest BCUT2D eigenvalue weighted by atomic mass is 16.7. The molecule has 0 aromatic carbocycles. The minimum atomic E-state index is -0.790. The molecule has 4 heteroatoms. The molecule has 0 N–H and O–H groups in total. The van der Waals surface area contributed by atoms with Crippen LogP contribution in [0, 0.1) is 11.3 Å². The van der Waals surface area contributed by atoms with E-state index in [2.05, 4.69) is 39.0 Å². The van der Waals surface area contributed by atoms with E-state index >= 15 is 0 Å². The standard InChI is InChI=1S/C22H38O4/c1-16-9-8-11-21(5,6)20(16)10-12-22(7)25-15-18(3)23-13-17(2)24-14-19(4)26-22/h9-10,12,17-20H,8,11,13-15H2,1-7H3. The van der Waals surface area contributed by atoms with Crippen molar-refractivity contribution in [1.82, 2.24) is 0 Å². The second kappa shape index (κ2) is 9.01. The zero-order chi connectivity index (χ0) is 19.4. The van der Waals surface area contributed by atoms with Crippen molar-refractivity contribution in [2.45, 2.75) is 85.4 Å². The molecule has 0 radical (unpaired) electrons. The molecular weight excluding hydrogens is 328 g/mol. The molecule has 0 amide bonds. The maximum absolute atomic E-state index is 6.25. The maximum atomic E-state index is 6.25. The summed E-state index contributed by atoms with van der Waals surface area (Å²) in [6.45, 7) is 16.6. The zero-order valence-electron chi connectivity index (χ0n) is 17.7. The van der Waals surface area contributed by atoms with Gasteiger partial charge in [0.25, 0.3) is 0 Å². The lowest BCUT2D eigenvalue weighted by Crippen LogP contribution is -2.38. The Balaban J connectivity index is 2.16. The average molecular weight is 367 g/mol. The number of rotatable bonds is 2. The van der Waals surface area contributed by atoms with Crippen LogP contribution in [0.2, 0.25) is 0 Å². The summed E-state index contributed by atoms with van der Waals surface area (Å²) in [6, 6.07) is 0. The summed E-state index contributed by atoms with van der Waals surface area (Å²) < 4.78 is 24.1. The molecule has 2 rings (SSSR count). The Bertz CT molecular complexity index is 510. The van der Waals surface area contributed by atoms with Gasteiger partial charge in [-0.1, -0.05) is 31.6 Å². The van der Waals surface area contributed by atoms with Gasteiger partial charge in [-0.2, -0.15) is 0 Å². The van der Waals surface area contributed by atoms with Crippen LogP contribution < -0.4 is 0 Å². The van der Waals surface area contributed by atoms with Crippen molar-refractivity contribution in [2.75, 3.05) is 19.8 Å². The highest BCUT2D eigenvalue weighted by molar-refractivity contribution is 5.19. The Morgan fingerprint density at radius 2 is 1.58 bits per heavy atom. The summed E-state index contributed by atoms with van der Waals surface area (Å²) in [4.78, 5) is 0. The van der Waals surface area contributed by atoms with Crippen LogP contribution in [0.4, 0.5) is 0 Å². The van der Waals surface area contributed by atoms with Gasteiger partial charge in [-0.25, -0.2) is 0 Å². The summed E-state index contributed by atoms with van der Waals surface area (Å²) in [6.07, 6.45) is 9.07. The predicted octanol–water partition coefficient (Wildman–Crippen LogP) is 4.89. The third kappa shape index (κ3) is 6.19. The molecule has 4 nitrogen and oxygen atoms in total. The van der Waals surface area contributed by atoms with Crippen molar-refractivity contribution < 1.29 is 18.9 Å². The van der Waals surface area contributed by atoms with Crippen LogP contribution >= 0.6 is 0 Å². The van der Waals surface area contributed by atoms with E-state index in [0.29, 0.717) is 25.7 Å². The van der Waals surface area contributed by atoms with Gasteiger partial charge in [0.1, 0.15) is 0 Å². The van der Waals surface area contributed by atoms with Crippen LogP contribution in [-0.4, -0.2) is 43.9 Å². The second-order valence-corrected chi connectivity index (χ2v) is 8.86. The number of hydrogen-bond donors (Lipinski definition) is 0. The highest BCUT2D eigenvalue weighted by Crippen LogP contribution is 2.42. The molecule has 1 aliphatic carbocycles. The Kier molecular flexibility index (Phi) is 7.49. The van der Waals surface area contributed by atoms with Crippen molar-refractivity contribution in [2.24, 2.45) is 11.3 Å². The van der Waals surface area contributed by atoms with Crippen LogP contribution in [0.3, 0.4) is 0 Å². The molecule has 5 atom stereocenters. The van der Waals surface area contributed by atoms with Gasteiger partial charge in [0.05, 0.1) is 38.1 Å². The van der Waals surface area contributed by atoms with Gasteiger partial charge in [-0.15, -0.1) is 0 Å². The van der Waals surface area contributed by atoms with E-state index in [1.54, 1.807) is 0 Å². The number of allylic oxidation sites excluding steroid dienone is 3. The van der Waals surface area contributed by atoms with Crippen LogP contribution in [0.5, 0.6) is 0 Å². The fourth-order valence-corrected chi connectivity index (χ4v) is 3.79. The first-order valence-corrected chi connectivity index (χ1v) is 10.0. The minimum absolute atomic E-state index is 0.00136. The second-order valence-electron chi connectivity index (χ2n) is 8.86. The van der Waals surface area contributed by atoms with Crippen LogP contribution in [0.25, 0.3) is 0 Å². The molecule has 0 aromatic rings. The van der Waals surface area contributed by atoms with Crippen LogP contribution in [-0.2, 0) is 18.9 Å². The quantitative estimate of drug-likeness (QED) is 0.652. The first kappa shape index (κ1) is 21.6. The third-order valence-electron chi connectivity index (χ3n) is 5.45. The normalized spacial score (nSPS) is 40.0. The molecule has 5 unspecified atom stereocenters. The largest absolute Gasteiger partial charge is 0.373 e. The first-order chi connectivity index (χ1) is 12.1. The van der Waals surface area contributed by atoms with Crippen LogP contribution in [0.15, 0.2) is 23.8 Å². The Labute approximate surface area is 159 Å². The maximum Gasteiger partial charge on any atom is 0.185 e. The topological polar surface area (TPSA) is 36.9 Å². The smallest absolute Gasteiger partial charge is 0.185 e. The van der Waals surface area contributed by atoms with Gasteiger partial charge >= 0.3 is 0 Å². The van der Waals surface area contributed by atoms with Gasteiger partial charge in [0.2, 0.25) is 0 Å². The molecule has 0 aromatic heterocycles. The van der Waals surface area contributed by atoms with Gasteiger partial charge in [0, 0.05) is 5.92 Å². The lowest BCUT2D eigenvalue weighted by molar-refractivity contribution is -0.228. The van der Waals surface area contributed by atoms with E-state index in [1.165, 1.54) is 12.0 Å². The number of hydrogen-bond acceptors (Lipinski definition) is 4. The molecular formula is C22H38O4. The SMILES string of the molecule is CC1=CCCC(C)(C)C1C=CC1(C)OCC(C)OCC(C)OCC(C)O1. The van der Waals surface area contributed by atoms with Gasteiger partial charge in [-0.3, -0.25) is 0 Å². The molecule has 0 saturated carbocycles. The highest BCUT2D eigenvalue weighted by Gasteiger charge is 2.33. The van der Waals surface area contributed by atoms with Gasteiger partial charge in [-0.05, 0) is 59.0 Å². The Hall–Kier alpha value is -0.680. The van der Waals surface area contributed by atoms with Crippen molar-refractivity contribution in [3.05, 3.63) is 23.8 Å². The first-order valence-electron chi connectivity index (χ1n) is 10.0. The van der Waals surface area contributed by atoms with Crippen molar-refractivity contribution in [1.29, 1.82) is 0 Å². The molecule has 0 spiro atoms. The lowest BCUT2D eigenvalue weighted by atomic mass is 9.68. The summed E-state index contributed by atoms with van der Waals surface area (Å²) in [5.41, 5.74) is 1.68.